The first kappa shape index (κ1) is 21.7. The second-order valence-corrected chi connectivity index (χ2v) is 7.93. The molecule has 2 heterocycles. The average Bonchev–Trinajstić information content (AvgIpc) is 3.37. The van der Waals surface area contributed by atoms with Crippen molar-refractivity contribution in [2.45, 2.75) is 24.7 Å². The van der Waals surface area contributed by atoms with Crippen LogP contribution in [0.3, 0.4) is 0 Å². The van der Waals surface area contributed by atoms with Crippen molar-refractivity contribution in [2.75, 3.05) is 11.1 Å². The lowest BCUT2D eigenvalue weighted by Gasteiger charge is -2.15. The third-order valence-corrected chi connectivity index (χ3v) is 5.58. The largest absolute Gasteiger partial charge is 0.342 e. The number of rotatable bonds is 9. The van der Waals surface area contributed by atoms with E-state index in [2.05, 4.69) is 32.4 Å². The molecule has 3 aromatic rings. The summed E-state index contributed by atoms with van der Waals surface area (Å²) in [5, 5.41) is 16.5. The van der Waals surface area contributed by atoms with Gasteiger partial charge in [0.2, 0.25) is 5.91 Å². The van der Waals surface area contributed by atoms with Gasteiger partial charge >= 0.3 is 0 Å². The number of thioether (sulfide) groups is 1. The third-order valence-electron chi connectivity index (χ3n) is 3.92. The zero-order valence-electron chi connectivity index (χ0n) is 16.0. The minimum absolute atomic E-state index is 0.0485. The zero-order chi connectivity index (χ0) is 21.5. The first-order chi connectivity index (χ1) is 14.5. The smallest absolute Gasteiger partial charge is 0.254 e. The molecule has 0 spiro atoms. The van der Waals surface area contributed by atoms with E-state index in [1.165, 1.54) is 41.3 Å². The predicted molar refractivity (Wildman–Crippen MR) is 114 cm³/mol. The molecule has 2 N–H and O–H groups in total. The number of amides is 2. The first-order valence-corrected chi connectivity index (χ1v) is 10.8. The molecule has 1 aromatic carbocycles. The lowest BCUT2D eigenvalue weighted by Crippen LogP contribution is -2.29. The second kappa shape index (κ2) is 10.1. The van der Waals surface area contributed by atoms with E-state index >= 15 is 0 Å². The highest BCUT2D eigenvalue weighted by molar-refractivity contribution is 7.99. The van der Waals surface area contributed by atoms with Gasteiger partial charge in [-0.2, -0.15) is 0 Å². The fourth-order valence-corrected chi connectivity index (χ4v) is 3.88. The Morgan fingerprint density at radius 3 is 2.87 bits per heavy atom. The van der Waals surface area contributed by atoms with Gasteiger partial charge in [0.15, 0.2) is 16.1 Å². The Kier molecular flexibility index (Phi) is 7.31. The highest BCUT2D eigenvalue weighted by Gasteiger charge is 2.21. The van der Waals surface area contributed by atoms with Crippen molar-refractivity contribution < 1.29 is 14.0 Å². The summed E-state index contributed by atoms with van der Waals surface area (Å²) < 4.78 is 15.6. The summed E-state index contributed by atoms with van der Waals surface area (Å²) >= 11 is 2.54. The molecule has 30 heavy (non-hydrogen) atoms. The maximum absolute atomic E-state index is 13.9. The summed E-state index contributed by atoms with van der Waals surface area (Å²) in [6.07, 6.45) is 3.27. The summed E-state index contributed by atoms with van der Waals surface area (Å²) in [5.41, 5.74) is -0.0485. The molecular weight excluding hydrogens is 427 g/mol. The Morgan fingerprint density at radius 1 is 1.37 bits per heavy atom. The molecule has 0 aliphatic carbocycles. The number of hydrogen-bond acceptors (Lipinski definition) is 7. The molecule has 3 rings (SSSR count). The van der Waals surface area contributed by atoms with Crippen LogP contribution in [0.15, 0.2) is 53.7 Å². The van der Waals surface area contributed by atoms with E-state index in [1.54, 1.807) is 35.2 Å². The monoisotopic (exact) mass is 446 g/mol. The van der Waals surface area contributed by atoms with Gasteiger partial charge in [0.1, 0.15) is 5.82 Å². The summed E-state index contributed by atoms with van der Waals surface area (Å²) in [4.78, 5) is 28.5. The van der Waals surface area contributed by atoms with E-state index in [-0.39, 0.29) is 17.2 Å². The lowest BCUT2D eigenvalue weighted by atomic mass is 10.2. The molecule has 1 unspecified atom stereocenters. The zero-order valence-corrected chi connectivity index (χ0v) is 17.7. The topological polar surface area (TPSA) is 102 Å². The molecule has 0 saturated carbocycles. The molecule has 11 heteroatoms. The normalized spacial score (nSPS) is 11.7. The highest BCUT2D eigenvalue weighted by Crippen LogP contribution is 2.22. The van der Waals surface area contributed by atoms with E-state index in [4.69, 9.17) is 0 Å². The minimum atomic E-state index is -0.600. The number of anilines is 1. The molecule has 0 radical (unpaired) electrons. The van der Waals surface area contributed by atoms with Crippen LogP contribution in [-0.4, -0.2) is 37.3 Å². The van der Waals surface area contributed by atoms with Gasteiger partial charge in [-0.25, -0.2) is 9.37 Å². The van der Waals surface area contributed by atoms with Crippen LogP contribution in [-0.2, 0) is 11.3 Å². The van der Waals surface area contributed by atoms with Gasteiger partial charge in [-0.15, -0.1) is 28.1 Å². The Morgan fingerprint density at radius 2 is 2.17 bits per heavy atom. The molecule has 0 aliphatic rings. The number of nitrogens with one attached hydrogen (secondary N) is 2. The van der Waals surface area contributed by atoms with Gasteiger partial charge in [-0.3, -0.25) is 9.59 Å². The maximum atomic E-state index is 13.9. The number of thiazole rings is 1. The highest BCUT2D eigenvalue weighted by atomic mass is 32.2. The van der Waals surface area contributed by atoms with Crippen LogP contribution >= 0.6 is 23.1 Å². The summed E-state index contributed by atoms with van der Waals surface area (Å²) in [6, 6.07) is 5.21. The van der Waals surface area contributed by atoms with Crippen LogP contribution in [0.4, 0.5) is 9.52 Å². The number of hydrogen-bond donors (Lipinski definition) is 2. The van der Waals surface area contributed by atoms with Crippen molar-refractivity contribution >= 4 is 40.0 Å². The second-order valence-electron chi connectivity index (χ2n) is 6.09. The van der Waals surface area contributed by atoms with Crippen LogP contribution in [0.5, 0.6) is 0 Å². The Hall–Kier alpha value is -3.05. The Labute approximate surface area is 180 Å². The van der Waals surface area contributed by atoms with Crippen LogP contribution < -0.4 is 10.6 Å². The van der Waals surface area contributed by atoms with Gasteiger partial charge in [-0.05, 0) is 19.1 Å². The van der Waals surface area contributed by atoms with Crippen LogP contribution in [0, 0.1) is 5.82 Å². The molecule has 2 aromatic heterocycles. The minimum Gasteiger partial charge on any atom is -0.342 e. The molecule has 0 fully saturated rings. The summed E-state index contributed by atoms with van der Waals surface area (Å²) in [6.45, 7) is 5.85. The molecule has 2 amide bonds. The van der Waals surface area contributed by atoms with Gasteiger partial charge in [0, 0.05) is 18.1 Å². The SMILES string of the molecule is C=CCn1c(SCC(=O)Nc2nccs2)nnc1C(C)NC(=O)c1ccccc1F. The van der Waals surface area contributed by atoms with Crippen LogP contribution in [0.25, 0.3) is 0 Å². The third kappa shape index (κ3) is 5.30. The van der Waals surface area contributed by atoms with Gasteiger partial charge in [0.05, 0.1) is 17.4 Å². The van der Waals surface area contributed by atoms with Crippen molar-refractivity contribution in [3.63, 3.8) is 0 Å². The van der Waals surface area contributed by atoms with Crippen molar-refractivity contribution in [3.8, 4) is 0 Å². The van der Waals surface area contributed by atoms with Crippen LogP contribution in [0.1, 0.15) is 29.1 Å². The summed E-state index contributed by atoms with van der Waals surface area (Å²) in [7, 11) is 0. The van der Waals surface area contributed by atoms with Crippen molar-refractivity contribution in [2.24, 2.45) is 0 Å². The van der Waals surface area contributed by atoms with E-state index in [9.17, 15) is 14.0 Å². The van der Waals surface area contributed by atoms with Crippen LogP contribution in [0.2, 0.25) is 0 Å². The maximum Gasteiger partial charge on any atom is 0.254 e. The van der Waals surface area contributed by atoms with Gasteiger partial charge in [-0.1, -0.05) is 30.0 Å². The predicted octanol–water partition coefficient (Wildman–Crippen LogP) is 3.28. The molecule has 8 nitrogen and oxygen atoms in total. The Balaban J connectivity index is 1.68. The molecule has 156 valence electrons. The Bertz CT molecular complexity index is 1040. The number of halogens is 1. The van der Waals surface area contributed by atoms with E-state index in [0.717, 1.165) is 0 Å². The van der Waals surface area contributed by atoms with E-state index in [0.29, 0.717) is 22.7 Å². The summed E-state index contributed by atoms with van der Waals surface area (Å²) in [5.74, 6) is -0.777. The van der Waals surface area contributed by atoms with E-state index < -0.39 is 17.8 Å². The first-order valence-electron chi connectivity index (χ1n) is 8.91. The van der Waals surface area contributed by atoms with Crippen molar-refractivity contribution in [1.82, 2.24) is 25.1 Å². The number of carbonyl (C=O) groups excluding carboxylic acids is 2. The molecule has 1 atom stereocenters. The lowest BCUT2D eigenvalue weighted by molar-refractivity contribution is -0.113. The molecular formula is C19H19FN6O2S2. The number of allylic oxidation sites excluding steroid dienone is 1. The number of nitrogens with zero attached hydrogens (tertiary/aromatic N) is 4. The standard InChI is InChI=1S/C19H19FN6O2S2/c1-3-9-26-16(12(2)22-17(28)13-6-4-5-7-14(13)20)24-25-19(26)30-11-15(27)23-18-21-8-10-29-18/h3-8,10,12H,1,9,11H2,2H3,(H,22,28)(H,21,23,27). The number of aromatic nitrogens is 4. The molecule has 0 bridgehead atoms. The molecule has 0 aliphatic heterocycles. The average molecular weight is 447 g/mol. The van der Waals surface area contributed by atoms with Gasteiger partial charge in [0.25, 0.3) is 5.91 Å². The fraction of sp³-hybridized carbons (Fsp3) is 0.211. The molecule has 0 saturated heterocycles. The number of carbonyl (C=O) groups is 2. The number of benzene rings is 1. The van der Waals surface area contributed by atoms with Gasteiger partial charge < -0.3 is 15.2 Å². The van der Waals surface area contributed by atoms with Crippen molar-refractivity contribution in [1.29, 1.82) is 0 Å². The quantitative estimate of drug-likeness (QED) is 0.386. The van der Waals surface area contributed by atoms with Crippen molar-refractivity contribution in [3.05, 3.63) is 65.7 Å². The van der Waals surface area contributed by atoms with E-state index in [1.807, 2.05) is 0 Å². The fourth-order valence-electron chi connectivity index (χ4n) is 2.58.